The highest BCUT2D eigenvalue weighted by Crippen LogP contribution is 2.34. The first-order valence-corrected chi connectivity index (χ1v) is 7.39. The number of carboxylic acids is 1. The molecule has 0 saturated carbocycles. The van der Waals surface area contributed by atoms with Crippen LogP contribution in [0.4, 0.5) is 4.79 Å². The lowest BCUT2D eigenvalue weighted by molar-refractivity contribution is -0.148. The first-order chi connectivity index (χ1) is 11.3. The Morgan fingerprint density at radius 3 is 2.33 bits per heavy atom. The molecule has 1 N–H and O–H groups in total. The second kappa shape index (κ2) is 6.70. The Bertz CT molecular complexity index is 718. The van der Waals surface area contributed by atoms with E-state index in [1.54, 1.807) is 50.3 Å². The third-order valence-corrected chi connectivity index (χ3v) is 4.06. The summed E-state index contributed by atoms with van der Waals surface area (Å²) in [4.78, 5) is 37.3. The van der Waals surface area contributed by atoms with Crippen molar-refractivity contribution in [2.24, 2.45) is 11.3 Å². The number of aliphatic carboxylic acids is 1. The van der Waals surface area contributed by atoms with Crippen LogP contribution >= 0.6 is 0 Å². The SMILES string of the molecule is COC(=O)N1C=CC(C(C)(C)C(=O)O)C=C1C(=O)c1ccccc1. The highest BCUT2D eigenvalue weighted by molar-refractivity contribution is 6.10. The number of hydrogen-bond donors (Lipinski definition) is 1. The molecule has 0 radical (unpaired) electrons. The van der Waals surface area contributed by atoms with Gasteiger partial charge in [-0.25, -0.2) is 9.69 Å². The summed E-state index contributed by atoms with van der Waals surface area (Å²) in [6.07, 6.45) is 3.75. The standard InChI is InChI=1S/C18H19NO5/c1-18(2,16(21)22)13-9-10-19(17(23)24-3)14(11-13)15(20)12-7-5-4-6-8-12/h4-11,13H,1-3H3,(H,21,22). The Balaban J connectivity index is 2.47. The molecule has 0 aliphatic carbocycles. The van der Waals surface area contributed by atoms with Gasteiger partial charge in [-0.2, -0.15) is 0 Å². The number of hydrogen-bond acceptors (Lipinski definition) is 4. The van der Waals surface area contributed by atoms with Crippen LogP contribution in [0.5, 0.6) is 0 Å². The molecule has 126 valence electrons. The van der Waals surface area contributed by atoms with Gasteiger partial charge in [0, 0.05) is 17.7 Å². The van der Waals surface area contributed by atoms with Gasteiger partial charge in [0.15, 0.2) is 0 Å². The van der Waals surface area contributed by atoms with Crippen molar-refractivity contribution in [3.05, 3.63) is 59.9 Å². The number of carbonyl (C=O) groups is 3. The number of methoxy groups -OCH3 is 1. The fourth-order valence-electron chi connectivity index (χ4n) is 2.34. The Hall–Kier alpha value is -2.89. The number of rotatable bonds is 4. The van der Waals surface area contributed by atoms with Crippen LogP contribution in [-0.2, 0) is 9.53 Å². The maximum Gasteiger partial charge on any atom is 0.418 e. The highest BCUT2D eigenvalue weighted by atomic mass is 16.5. The van der Waals surface area contributed by atoms with Crippen LogP contribution in [-0.4, -0.2) is 35.0 Å². The maximum atomic E-state index is 12.8. The minimum Gasteiger partial charge on any atom is -0.481 e. The Kier molecular flexibility index (Phi) is 4.87. The Labute approximate surface area is 140 Å². The zero-order chi connectivity index (χ0) is 17.9. The molecule has 1 atom stereocenters. The number of nitrogens with zero attached hydrogens (tertiary/aromatic N) is 1. The first kappa shape index (κ1) is 17.5. The van der Waals surface area contributed by atoms with Gasteiger partial charge in [0.25, 0.3) is 0 Å². The lowest BCUT2D eigenvalue weighted by Gasteiger charge is -2.31. The van der Waals surface area contributed by atoms with Crippen LogP contribution in [0, 0.1) is 11.3 Å². The van der Waals surface area contributed by atoms with Gasteiger partial charge in [-0.15, -0.1) is 0 Å². The minimum atomic E-state index is -1.12. The van der Waals surface area contributed by atoms with E-state index in [4.69, 9.17) is 4.74 Å². The first-order valence-electron chi connectivity index (χ1n) is 7.39. The number of ether oxygens (including phenoxy) is 1. The zero-order valence-corrected chi connectivity index (χ0v) is 13.7. The molecule has 0 spiro atoms. The molecule has 0 fully saturated rings. The number of benzene rings is 1. The molecule has 1 aliphatic heterocycles. The number of carboxylic acid groups (broad SMARTS) is 1. The number of Topliss-reactive ketones (excluding diaryl/α,β-unsaturated/α-hetero) is 1. The predicted octanol–water partition coefficient (Wildman–Crippen LogP) is 3.08. The normalized spacial score (nSPS) is 17.2. The van der Waals surface area contributed by atoms with E-state index in [9.17, 15) is 19.5 Å². The average molecular weight is 329 g/mol. The van der Waals surface area contributed by atoms with Crippen LogP contribution in [0.3, 0.4) is 0 Å². The largest absolute Gasteiger partial charge is 0.481 e. The molecule has 0 saturated heterocycles. The Morgan fingerprint density at radius 2 is 1.79 bits per heavy atom. The van der Waals surface area contributed by atoms with Crippen molar-refractivity contribution < 1.29 is 24.2 Å². The summed E-state index contributed by atoms with van der Waals surface area (Å²) in [6.45, 7) is 3.14. The van der Waals surface area contributed by atoms with E-state index in [-0.39, 0.29) is 11.5 Å². The smallest absolute Gasteiger partial charge is 0.418 e. The molecule has 6 nitrogen and oxygen atoms in total. The van der Waals surface area contributed by atoms with Gasteiger partial charge < -0.3 is 9.84 Å². The van der Waals surface area contributed by atoms with Gasteiger partial charge in [0.05, 0.1) is 18.2 Å². The monoisotopic (exact) mass is 329 g/mol. The highest BCUT2D eigenvalue weighted by Gasteiger charge is 2.38. The third-order valence-electron chi connectivity index (χ3n) is 4.06. The molecule has 1 aromatic rings. The molecule has 1 unspecified atom stereocenters. The third kappa shape index (κ3) is 3.22. The summed E-state index contributed by atoms with van der Waals surface area (Å²) < 4.78 is 4.70. The lowest BCUT2D eigenvalue weighted by atomic mass is 9.77. The van der Waals surface area contributed by atoms with Gasteiger partial charge >= 0.3 is 12.1 Å². The molecule has 1 aliphatic rings. The number of ketones is 1. The fourth-order valence-corrected chi connectivity index (χ4v) is 2.34. The fraction of sp³-hybridized carbons (Fsp3) is 0.278. The maximum absolute atomic E-state index is 12.8. The molecule has 1 heterocycles. The van der Waals surface area contributed by atoms with Crippen LogP contribution < -0.4 is 0 Å². The van der Waals surface area contributed by atoms with E-state index in [1.165, 1.54) is 19.4 Å². The van der Waals surface area contributed by atoms with E-state index >= 15 is 0 Å². The van der Waals surface area contributed by atoms with Gasteiger partial charge in [-0.05, 0) is 19.9 Å². The molecule has 0 aromatic heterocycles. The summed E-state index contributed by atoms with van der Waals surface area (Å²) in [6, 6.07) is 8.48. The van der Waals surface area contributed by atoms with E-state index in [1.807, 2.05) is 0 Å². The molecule has 1 amide bonds. The summed E-state index contributed by atoms with van der Waals surface area (Å²) in [5, 5.41) is 9.40. The molecule has 6 heteroatoms. The van der Waals surface area contributed by atoms with Gasteiger partial charge in [-0.1, -0.05) is 36.4 Å². The van der Waals surface area contributed by atoms with Gasteiger partial charge in [0.1, 0.15) is 0 Å². The van der Waals surface area contributed by atoms with Crippen LogP contribution in [0.15, 0.2) is 54.4 Å². The van der Waals surface area contributed by atoms with Crippen LogP contribution in [0.25, 0.3) is 0 Å². The quantitative estimate of drug-likeness (QED) is 0.858. The molecular weight excluding hydrogens is 310 g/mol. The van der Waals surface area contributed by atoms with Crippen molar-refractivity contribution >= 4 is 17.8 Å². The molecule has 2 rings (SSSR count). The Morgan fingerprint density at radius 1 is 1.17 bits per heavy atom. The van der Waals surface area contributed by atoms with Crippen LogP contribution in [0.2, 0.25) is 0 Å². The number of carbonyl (C=O) groups excluding carboxylic acids is 2. The number of amides is 1. The topological polar surface area (TPSA) is 83.9 Å². The molecular formula is C18H19NO5. The van der Waals surface area contributed by atoms with Gasteiger partial charge in [-0.3, -0.25) is 9.59 Å². The summed E-state index contributed by atoms with van der Waals surface area (Å²) in [7, 11) is 1.22. The summed E-state index contributed by atoms with van der Waals surface area (Å²) in [5.41, 5.74) is -0.643. The lowest BCUT2D eigenvalue weighted by Crippen LogP contribution is -2.37. The average Bonchev–Trinajstić information content (AvgIpc) is 2.60. The zero-order valence-electron chi connectivity index (χ0n) is 13.7. The molecule has 1 aromatic carbocycles. The number of allylic oxidation sites excluding steroid dienone is 3. The van der Waals surface area contributed by atoms with Crippen molar-refractivity contribution in [1.82, 2.24) is 4.90 Å². The molecule has 24 heavy (non-hydrogen) atoms. The van der Waals surface area contributed by atoms with E-state index in [0.29, 0.717) is 5.56 Å². The second-order valence-electron chi connectivity index (χ2n) is 5.98. The van der Waals surface area contributed by atoms with Crippen molar-refractivity contribution in [2.45, 2.75) is 13.8 Å². The van der Waals surface area contributed by atoms with Crippen molar-refractivity contribution in [3.63, 3.8) is 0 Å². The van der Waals surface area contributed by atoms with E-state index in [0.717, 1.165) is 4.90 Å². The van der Waals surface area contributed by atoms with Crippen molar-refractivity contribution in [1.29, 1.82) is 0 Å². The van der Waals surface area contributed by atoms with E-state index in [2.05, 4.69) is 0 Å². The summed E-state index contributed by atoms with van der Waals surface area (Å²) >= 11 is 0. The van der Waals surface area contributed by atoms with E-state index < -0.39 is 23.4 Å². The van der Waals surface area contributed by atoms with Crippen LogP contribution in [0.1, 0.15) is 24.2 Å². The molecule has 0 bridgehead atoms. The second-order valence-corrected chi connectivity index (χ2v) is 5.98. The van der Waals surface area contributed by atoms with Crippen molar-refractivity contribution in [3.8, 4) is 0 Å². The predicted molar refractivity (Wildman–Crippen MR) is 87.1 cm³/mol. The summed E-state index contributed by atoms with van der Waals surface area (Å²) in [5.74, 6) is -1.92. The van der Waals surface area contributed by atoms with Gasteiger partial charge in [0.2, 0.25) is 5.78 Å². The van der Waals surface area contributed by atoms with Crippen molar-refractivity contribution in [2.75, 3.05) is 7.11 Å². The minimum absolute atomic E-state index is 0.0786.